The second kappa shape index (κ2) is 34.6. The summed E-state index contributed by atoms with van der Waals surface area (Å²) in [5.41, 5.74) is 0. The SMILES string of the molecule is CC/C=C\C/C=C\C/C=C\C/C=C\C/C=C\CCCC(=O)OC(COCCCCCCCCCCCCCC)COC1OC(CO)C(O)C(O)C1O. The minimum absolute atomic E-state index is 0.121. The number of hydrogen-bond donors (Lipinski definition) is 4. The minimum atomic E-state index is -1.55. The summed E-state index contributed by atoms with van der Waals surface area (Å²) in [7, 11) is 0. The van der Waals surface area contributed by atoms with Crippen molar-refractivity contribution in [2.24, 2.45) is 0 Å². The predicted octanol–water partition coefficient (Wildman–Crippen LogP) is 8.35. The van der Waals surface area contributed by atoms with Crippen LogP contribution < -0.4 is 0 Å². The number of esters is 1. The van der Waals surface area contributed by atoms with Crippen LogP contribution >= 0.6 is 0 Å². The second-order valence-corrected chi connectivity index (χ2v) is 13.7. The summed E-state index contributed by atoms with van der Waals surface area (Å²) < 4.78 is 22.7. The molecular formula is C43H74O9. The quantitative estimate of drug-likeness (QED) is 0.0298. The molecule has 1 rings (SSSR count). The van der Waals surface area contributed by atoms with E-state index >= 15 is 0 Å². The molecule has 6 atom stereocenters. The fourth-order valence-electron chi connectivity index (χ4n) is 5.76. The standard InChI is InChI=1S/C43H74O9/c1-3-5-7-9-11-13-15-17-18-19-20-21-22-24-26-28-30-32-39(45)51-37(36-50-43-42(48)41(47)40(46)38(34-44)52-43)35-49-33-31-29-27-25-23-16-14-12-10-8-6-4-2/h5,7,11,13,17-18,20-21,24,26,37-38,40-44,46-48H,3-4,6,8-10,12,14-16,19,22-23,25,27-36H2,1-2H3/b7-5-,13-11-,18-17-,21-20-,26-24-. The molecule has 1 saturated heterocycles. The highest BCUT2D eigenvalue weighted by atomic mass is 16.7. The van der Waals surface area contributed by atoms with Crippen molar-refractivity contribution in [1.82, 2.24) is 0 Å². The van der Waals surface area contributed by atoms with Crippen LogP contribution in [0.2, 0.25) is 0 Å². The first-order chi connectivity index (χ1) is 25.4. The highest BCUT2D eigenvalue weighted by molar-refractivity contribution is 5.69. The van der Waals surface area contributed by atoms with Gasteiger partial charge in [-0.3, -0.25) is 4.79 Å². The number of ether oxygens (including phenoxy) is 4. The molecule has 1 fully saturated rings. The fourth-order valence-corrected chi connectivity index (χ4v) is 5.76. The maximum absolute atomic E-state index is 12.7. The van der Waals surface area contributed by atoms with Crippen molar-refractivity contribution in [1.29, 1.82) is 0 Å². The van der Waals surface area contributed by atoms with Gasteiger partial charge in [-0.1, -0.05) is 145 Å². The third kappa shape index (κ3) is 25.8. The Labute approximate surface area is 315 Å². The van der Waals surface area contributed by atoms with Crippen molar-refractivity contribution >= 4 is 5.97 Å². The normalized spacial score (nSPS) is 21.8. The zero-order valence-electron chi connectivity index (χ0n) is 32.5. The molecule has 300 valence electrons. The van der Waals surface area contributed by atoms with Gasteiger partial charge in [0.2, 0.25) is 0 Å². The van der Waals surface area contributed by atoms with E-state index < -0.39 is 43.4 Å². The molecule has 0 aromatic rings. The Morgan fingerprint density at radius 3 is 1.69 bits per heavy atom. The Balaban J connectivity index is 2.36. The summed E-state index contributed by atoms with van der Waals surface area (Å²) >= 11 is 0. The molecule has 1 aliphatic rings. The molecule has 0 bridgehead atoms. The van der Waals surface area contributed by atoms with Gasteiger partial charge < -0.3 is 39.4 Å². The number of aliphatic hydroxyl groups is 4. The lowest BCUT2D eigenvalue weighted by molar-refractivity contribution is -0.305. The maximum atomic E-state index is 12.7. The summed E-state index contributed by atoms with van der Waals surface area (Å²) in [5.74, 6) is -0.372. The van der Waals surface area contributed by atoms with Gasteiger partial charge in [-0.25, -0.2) is 0 Å². The zero-order valence-corrected chi connectivity index (χ0v) is 32.5. The van der Waals surface area contributed by atoms with Crippen LogP contribution in [0.1, 0.15) is 142 Å². The van der Waals surface area contributed by atoms with E-state index in [1.54, 1.807) is 0 Å². The largest absolute Gasteiger partial charge is 0.457 e. The lowest BCUT2D eigenvalue weighted by atomic mass is 9.99. The van der Waals surface area contributed by atoms with Crippen molar-refractivity contribution in [3.8, 4) is 0 Å². The molecule has 0 aromatic carbocycles. The zero-order chi connectivity index (χ0) is 37.9. The first kappa shape index (κ1) is 47.9. The lowest BCUT2D eigenvalue weighted by Gasteiger charge is -2.39. The number of carbonyl (C=O) groups is 1. The average Bonchev–Trinajstić information content (AvgIpc) is 3.14. The van der Waals surface area contributed by atoms with Crippen LogP contribution in [0.15, 0.2) is 60.8 Å². The number of allylic oxidation sites excluding steroid dienone is 10. The van der Waals surface area contributed by atoms with Crippen molar-refractivity contribution in [3.63, 3.8) is 0 Å². The first-order valence-corrected chi connectivity index (χ1v) is 20.4. The predicted molar refractivity (Wildman–Crippen MR) is 210 cm³/mol. The summed E-state index contributed by atoms with van der Waals surface area (Å²) in [5, 5.41) is 40.0. The molecule has 52 heavy (non-hydrogen) atoms. The van der Waals surface area contributed by atoms with E-state index in [4.69, 9.17) is 18.9 Å². The van der Waals surface area contributed by atoms with E-state index in [9.17, 15) is 25.2 Å². The van der Waals surface area contributed by atoms with Crippen LogP contribution in [-0.4, -0.2) is 89.6 Å². The molecule has 9 heteroatoms. The summed E-state index contributed by atoms with van der Waals surface area (Å²) in [6, 6.07) is 0. The first-order valence-electron chi connectivity index (χ1n) is 20.4. The minimum Gasteiger partial charge on any atom is -0.457 e. The molecule has 0 radical (unpaired) electrons. The van der Waals surface area contributed by atoms with Gasteiger partial charge in [-0.15, -0.1) is 0 Å². The van der Waals surface area contributed by atoms with Crippen molar-refractivity contribution < 1.29 is 44.2 Å². The molecular weight excluding hydrogens is 660 g/mol. The number of unbranched alkanes of at least 4 members (excludes halogenated alkanes) is 12. The van der Waals surface area contributed by atoms with Crippen LogP contribution in [0.5, 0.6) is 0 Å². The number of aliphatic hydroxyl groups excluding tert-OH is 4. The Morgan fingerprint density at radius 2 is 1.15 bits per heavy atom. The van der Waals surface area contributed by atoms with Crippen LogP contribution in [0.25, 0.3) is 0 Å². The smallest absolute Gasteiger partial charge is 0.306 e. The second-order valence-electron chi connectivity index (χ2n) is 13.7. The molecule has 1 aliphatic heterocycles. The van der Waals surface area contributed by atoms with Gasteiger partial charge in [0, 0.05) is 13.0 Å². The van der Waals surface area contributed by atoms with Gasteiger partial charge in [-0.2, -0.15) is 0 Å². The molecule has 0 amide bonds. The molecule has 6 unspecified atom stereocenters. The van der Waals surface area contributed by atoms with E-state index in [0.29, 0.717) is 13.0 Å². The Morgan fingerprint density at radius 1 is 0.635 bits per heavy atom. The maximum Gasteiger partial charge on any atom is 0.306 e. The van der Waals surface area contributed by atoms with Gasteiger partial charge in [0.25, 0.3) is 0 Å². The third-order valence-electron chi connectivity index (χ3n) is 8.95. The lowest BCUT2D eigenvalue weighted by Crippen LogP contribution is -2.59. The Bertz CT molecular complexity index is 974. The summed E-state index contributed by atoms with van der Waals surface area (Å²) in [6.07, 6.45) is 35.3. The average molecular weight is 735 g/mol. The van der Waals surface area contributed by atoms with Crippen molar-refractivity contribution in [3.05, 3.63) is 60.8 Å². The summed E-state index contributed by atoms with van der Waals surface area (Å²) in [6.45, 7) is 4.36. The van der Waals surface area contributed by atoms with E-state index in [0.717, 1.165) is 51.4 Å². The van der Waals surface area contributed by atoms with Crippen LogP contribution in [0, 0.1) is 0 Å². The van der Waals surface area contributed by atoms with Crippen LogP contribution in [0.4, 0.5) is 0 Å². The number of hydrogen-bond acceptors (Lipinski definition) is 9. The number of rotatable bonds is 33. The molecule has 0 aromatic heterocycles. The highest BCUT2D eigenvalue weighted by Gasteiger charge is 2.44. The third-order valence-corrected chi connectivity index (χ3v) is 8.95. The van der Waals surface area contributed by atoms with E-state index in [1.165, 1.54) is 64.2 Å². The van der Waals surface area contributed by atoms with E-state index in [-0.39, 0.29) is 25.6 Å². The molecule has 9 nitrogen and oxygen atoms in total. The molecule has 4 N–H and O–H groups in total. The van der Waals surface area contributed by atoms with Gasteiger partial charge >= 0.3 is 5.97 Å². The summed E-state index contributed by atoms with van der Waals surface area (Å²) in [4.78, 5) is 12.7. The van der Waals surface area contributed by atoms with Crippen molar-refractivity contribution in [2.75, 3.05) is 26.4 Å². The van der Waals surface area contributed by atoms with Gasteiger partial charge in [0.05, 0.1) is 19.8 Å². The Hall–Kier alpha value is -2.11. The molecule has 0 aliphatic carbocycles. The number of carbonyl (C=O) groups excluding carboxylic acids is 1. The van der Waals surface area contributed by atoms with Crippen LogP contribution in [-0.2, 0) is 23.7 Å². The van der Waals surface area contributed by atoms with Crippen molar-refractivity contribution in [2.45, 2.75) is 179 Å². The molecule has 1 heterocycles. The van der Waals surface area contributed by atoms with Crippen LogP contribution in [0.3, 0.4) is 0 Å². The topological polar surface area (TPSA) is 135 Å². The van der Waals surface area contributed by atoms with E-state index in [1.807, 2.05) is 0 Å². The van der Waals surface area contributed by atoms with Gasteiger partial charge in [0.15, 0.2) is 6.29 Å². The molecule has 0 saturated carbocycles. The van der Waals surface area contributed by atoms with Gasteiger partial charge in [-0.05, 0) is 51.4 Å². The fraction of sp³-hybridized carbons (Fsp3) is 0.744. The molecule has 0 spiro atoms. The van der Waals surface area contributed by atoms with E-state index in [2.05, 4.69) is 74.6 Å². The monoisotopic (exact) mass is 735 g/mol. The highest BCUT2D eigenvalue weighted by Crippen LogP contribution is 2.22. The Kier molecular flexibility index (Phi) is 31.9. The van der Waals surface area contributed by atoms with Gasteiger partial charge in [0.1, 0.15) is 30.5 Å².